The number of carbonyl (C=O) groups excluding carboxylic acids is 2. The third-order valence-electron chi connectivity index (χ3n) is 3.48. The van der Waals surface area contributed by atoms with Crippen LogP contribution in [0.1, 0.15) is 0 Å². The van der Waals surface area contributed by atoms with Crippen molar-refractivity contribution >= 4 is 27.9 Å². The van der Waals surface area contributed by atoms with Crippen LogP contribution in [0.2, 0.25) is 0 Å². The van der Waals surface area contributed by atoms with E-state index < -0.39 is 36.0 Å². The van der Waals surface area contributed by atoms with Crippen molar-refractivity contribution in [2.45, 2.75) is 12.2 Å². The normalized spacial score (nSPS) is 30.4. The highest BCUT2D eigenvalue weighted by atomic mass is 79.9. The number of rotatable bonds is 3. The second-order valence-electron chi connectivity index (χ2n) is 4.70. The van der Waals surface area contributed by atoms with Gasteiger partial charge in [-0.2, -0.15) is 0 Å². The highest BCUT2D eigenvalue weighted by molar-refractivity contribution is 9.10. The molecule has 0 N–H and O–H groups in total. The molecule has 104 valence electrons. The van der Waals surface area contributed by atoms with Crippen LogP contribution in [0.4, 0.5) is 0 Å². The molecule has 0 aromatic heterocycles. The maximum absolute atomic E-state index is 12.2. The van der Waals surface area contributed by atoms with Gasteiger partial charge in [-0.3, -0.25) is 4.79 Å². The monoisotopic (exact) mass is 337 g/mol. The number of esters is 1. The SMILES string of the molecule is O=C([O-])C1C2C=CC(O2)C1C(=O)Oc1ccc(Br)cc1. The minimum Gasteiger partial charge on any atom is -0.550 e. The van der Waals surface area contributed by atoms with Crippen molar-refractivity contribution in [3.63, 3.8) is 0 Å². The Labute approximate surface area is 123 Å². The summed E-state index contributed by atoms with van der Waals surface area (Å²) < 4.78 is 11.5. The lowest BCUT2D eigenvalue weighted by molar-refractivity contribution is -0.313. The molecule has 2 aliphatic heterocycles. The first-order chi connectivity index (χ1) is 9.56. The first kappa shape index (κ1) is 13.3. The third kappa shape index (κ3) is 2.25. The van der Waals surface area contributed by atoms with Crippen LogP contribution in [0, 0.1) is 11.8 Å². The largest absolute Gasteiger partial charge is 0.550 e. The molecule has 0 aliphatic carbocycles. The molecule has 20 heavy (non-hydrogen) atoms. The number of ether oxygens (including phenoxy) is 2. The number of aliphatic carboxylic acids is 1. The van der Waals surface area contributed by atoms with Gasteiger partial charge in [-0.1, -0.05) is 28.1 Å². The standard InChI is InChI=1S/C14H11BrO5/c15-7-1-3-8(4-2-7)19-14(18)12-10-6-5-9(20-10)11(12)13(16)17/h1-6,9-12H,(H,16,17)/p-1. The number of benzene rings is 1. The molecule has 0 spiro atoms. The lowest BCUT2D eigenvalue weighted by Gasteiger charge is -2.24. The zero-order chi connectivity index (χ0) is 14.3. The van der Waals surface area contributed by atoms with E-state index in [1.165, 1.54) is 0 Å². The molecule has 2 heterocycles. The van der Waals surface area contributed by atoms with Crippen LogP contribution in [-0.2, 0) is 14.3 Å². The number of halogens is 1. The topological polar surface area (TPSA) is 75.7 Å². The average molecular weight is 338 g/mol. The molecule has 4 unspecified atom stereocenters. The summed E-state index contributed by atoms with van der Waals surface area (Å²) in [4.78, 5) is 23.3. The van der Waals surface area contributed by atoms with E-state index in [0.717, 1.165) is 4.47 Å². The van der Waals surface area contributed by atoms with Gasteiger partial charge in [-0.25, -0.2) is 0 Å². The van der Waals surface area contributed by atoms with Crippen molar-refractivity contribution in [1.29, 1.82) is 0 Å². The van der Waals surface area contributed by atoms with Crippen LogP contribution in [0.15, 0.2) is 40.9 Å². The molecule has 1 aromatic rings. The summed E-state index contributed by atoms with van der Waals surface area (Å²) in [6, 6.07) is 6.71. The summed E-state index contributed by atoms with van der Waals surface area (Å²) in [6.07, 6.45) is 2.19. The molecule has 2 bridgehead atoms. The summed E-state index contributed by atoms with van der Waals surface area (Å²) in [7, 11) is 0. The number of carbonyl (C=O) groups is 2. The van der Waals surface area contributed by atoms with E-state index in [1.807, 2.05) is 0 Å². The van der Waals surface area contributed by atoms with Crippen molar-refractivity contribution < 1.29 is 24.2 Å². The zero-order valence-corrected chi connectivity index (χ0v) is 11.8. The van der Waals surface area contributed by atoms with Crippen LogP contribution in [0.25, 0.3) is 0 Å². The Morgan fingerprint density at radius 1 is 1.10 bits per heavy atom. The fourth-order valence-electron chi connectivity index (χ4n) is 2.56. The summed E-state index contributed by atoms with van der Waals surface area (Å²) in [5.41, 5.74) is 0. The number of carboxylic acid groups (broad SMARTS) is 1. The van der Waals surface area contributed by atoms with Crippen LogP contribution in [-0.4, -0.2) is 24.1 Å². The van der Waals surface area contributed by atoms with E-state index in [2.05, 4.69) is 15.9 Å². The van der Waals surface area contributed by atoms with Crippen molar-refractivity contribution in [2.75, 3.05) is 0 Å². The molecule has 0 saturated carbocycles. The third-order valence-corrected chi connectivity index (χ3v) is 4.00. The average Bonchev–Trinajstić information content (AvgIpc) is 3.01. The number of carboxylic acids is 1. The lowest BCUT2D eigenvalue weighted by atomic mass is 9.83. The number of hydrogen-bond donors (Lipinski definition) is 0. The predicted molar refractivity (Wildman–Crippen MR) is 69.6 cm³/mol. The smallest absolute Gasteiger partial charge is 0.318 e. The highest BCUT2D eigenvalue weighted by Gasteiger charge is 2.51. The van der Waals surface area contributed by atoms with Gasteiger partial charge < -0.3 is 19.4 Å². The maximum atomic E-state index is 12.2. The molecule has 0 radical (unpaired) electrons. The first-order valence-electron chi connectivity index (χ1n) is 6.08. The van der Waals surface area contributed by atoms with E-state index in [9.17, 15) is 14.7 Å². The van der Waals surface area contributed by atoms with Gasteiger partial charge in [0, 0.05) is 16.4 Å². The van der Waals surface area contributed by atoms with Crippen molar-refractivity contribution in [3.05, 3.63) is 40.9 Å². The Kier molecular flexibility index (Phi) is 3.35. The van der Waals surface area contributed by atoms with Crippen molar-refractivity contribution in [3.8, 4) is 5.75 Å². The van der Waals surface area contributed by atoms with Gasteiger partial charge in [0.15, 0.2) is 0 Å². The van der Waals surface area contributed by atoms with Gasteiger partial charge in [0.1, 0.15) is 5.75 Å². The minimum atomic E-state index is -1.29. The van der Waals surface area contributed by atoms with Crippen LogP contribution in [0.3, 0.4) is 0 Å². The second-order valence-corrected chi connectivity index (χ2v) is 5.61. The van der Waals surface area contributed by atoms with Crippen molar-refractivity contribution in [2.24, 2.45) is 11.8 Å². The molecule has 1 fully saturated rings. The maximum Gasteiger partial charge on any atom is 0.318 e. The molecular weight excluding hydrogens is 328 g/mol. The fraction of sp³-hybridized carbons (Fsp3) is 0.286. The van der Waals surface area contributed by atoms with Crippen LogP contribution < -0.4 is 9.84 Å². The Bertz CT molecular complexity index is 580. The summed E-state index contributed by atoms with van der Waals surface area (Å²) in [5, 5.41) is 11.2. The molecule has 5 nitrogen and oxygen atoms in total. The van der Waals surface area contributed by atoms with Gasteiger partial charge in [-0.15, -0.1) is 0 Å². The first-order valence-corrected chi connectivity index (χ1v) is 6.87. The van der Waals surface area contributed by atoms with E-state index in [0.29, 0.717) is 5.75 Å². The van der Waals surface area contributed by atoms with Gasteiger partial charge in [-0.05, 0) is 24.3 Å². The summed E-state index contributed by atoms with van der Waals surface area (Å²) in [5.74, 6) is -3.40. The fourth-order valence-corrected chi connectivity index (χ4v) is 2.82. The highest BCUT2D eigenvalue weighted by Crippen LogP contribution is 2.39. The van der Waals surface area contributed by atoms with E-state index in [4.69, 9.17) is 9.47 Å². The Balaban J connectivity index is 1.78. The van der Waals surface area contributed by atoms with Crippen molar-refractivity contribution in [1.82, 2.24) is 0 Å². The predicted octanol–water partition coefficient (Wildman–Crippen LogP) is 0.674. The van der Waals surface area contributed by atoms with Gasteiger partial charge in [0.2, 0.25) is 0 Å². The minimum absolute atomic E-state index is 0.363. The Morgan fingerprint density at radius 2 is 1.70 bits per heavy atom. The number of hydrogen-bond acceptors (Lipinski definition) is 5. The second kappa shape index (κ2) is 5.03. The Morgan fingerprint density at radius 3 is 2.30 bits per heavy atom. The van der Waals surface area contributed by atoms with Gasteiger partial charge in [0.25, 0.3) is 0 Å². The lowest BCUT2D eigenvalue weighted by Crippen LogP contribution is -2.44. The Hall–Kier alpha value is -1.66. The van der Waals surface area contributed by atoms with Crippen LogP contribution >= 0.6 is 15.9 Å². The molecular formula is C14H10BrO5-. The molecule has 3 rings (SSSR count). The quantitative estimate of drug-likeness (QED) is 0.460. The zero-order valence-electron chi connectivity index (χ0n) is 10.2. The molecule has 0 amide bonds. The van der Waals surface area contributed by atoms with Gasteiger partial charge in [0.05, 0.1) is 18.1 Å². The molecule has 1 aromatic carbocycles. The molecule has 4 atom stereocenters. The summed E-state index contributed by atoms with van der Waals surface area (Å²) >= 11 is 3.28. The molecule has 6 heteroatoms. The molecule has 2 aliphatic rings. The number of fused-ring (bicyclic) bond motifs is 2. The molecule has 1 saturated heterocycles. The van der Waals surface area contributed by atoms with E-state index in [-0.39, 0.29) is 0 Å². The van der Waals surface area contributed by atoms with E-state index >= 15 is 0 Å². The van der Waals surface area contributed by atoms with E-state index in [1.54, 1.807) is 36.4 Å². The van der Waals surface area contributed by atoms with Crippen LogP contribution in [0.5, 0.6) is 5.75 Å². The van der Waals surface area contributed by atoms with Gasteiger partial charge >= 0.3 is 5.97 Å². The summed E-state index contributed by atoms with van der Waals surface area (Å²) in [6.45, 7) is 0.